The summed E-state index contributed by atoms with van der Waals surface area (Å²) in [6.07, 6.45) is -2.81. The van der Waals surface area contributed by atoms with Crippen molar-refractivity contribution in [2.75, 3.05) is 14.2 Å². The van der Waals surface area contributed by atoms with E-state index in [9.17, 15) is 22.0 Å². The average molecular weight is 458 g/mol. The molecule has 1 aromatic carbocycles. The highest BCUT2D eigenvalue weighted by molar-refractivity contribution is 5.72. The average Bonchev–Trinajstić information content (AvgIpc) is 3.28. The number of rotatable bonds is 4. The molecule has 3 aromatic rings. The van der Waals surface area contributed by atoms with Crippen LogP contribution in [0.3, 0.4) is 0 Å². The van der Waals surface area contributed by atoms with Crippen LogP contribution in [0.1, 0.15) is 37.3 Å². The van der Waals surface area contributed by atoms with Crippen molar-refractivity contribution in [1.29, 1.82) is 0 Å². The summed E-state index contributed by atoms with van der Waals surface area (Å²) in [6, 6.07) is 3.70. The van der Waals surface area contributed by atoms with Crippen LogP contribution in [-0.2, 0) is 4.74 Å². The van der Waals surface area contributed by atoms with Crippen molar-refractivity contribution in [3.63, 3.8) is 0 Å². The van der Waals surface area contributed by atoms with E-state index in [-0.39, 0.29) is 11.4 Å². The summed E-state index contributed by atoms with van der Waals surface area (Å²) in [7, 11) is 2.58. The van der Waals surface area contributed by atoms with E-state index in [1.165, 1.54) is 24.8 Å². The number of ether oxygens (including phenoxy) is 2. The van der Waals surface area contributed by atoms with Crippen LogP contribution < -0.4 is 14.3 Å². The standard InChI is InChI=1S/C21H20F5N3O3/c1-10-15(11-5-6-12(22)16(23)17(11)30-3)18(32-20(10,2)21(24,25)26)19-27-13-7-8-29(31-4)9-14(13)28-19/h5-10,15,18H,1-4H3/p+1/t10-,15-,18+,20+/m0/s1. The predicted octanol–water partition coefficient (Wildman–Crippen LogP) is 4.01. The molecule has 0 spiro atoms. The van der Waals surface area contributed by atoms with Gasteiger partial charge in [0, 0.05) is 28.2 Å². The van der Waals surface area contributed by atoms with Gasteiger partial charge in [0.25, 0.3) is 0 Å². The van der Waals surface area contributed by atoms with Gasteiger partial charge in [-0.2, -0.15) is 17.6 Å². The zero-order chi connectivity index (χ0) is 23.4. The molecule has 4 atom stereocenters. The van der Waals surface area contributed by atoms with Crippen molar-refractivity contribution in [1.82, 2.24) is 9.97 Å². The Kier molecular flexibility index (Phi) is 5.27. The van der Waals surface area contributed by atoms with Crippen LogP contribution in [0.5, 0.6) is 5.75 Å². The summed E-state index contributed by atoms with van der Waals surface area (Å²) in [5.74, 6) is -5.01. The normalized spacial score (nSPS) is 26.0. The van der Waals surface area contributed by atoms with Crippen LogP contribution in [0.4, 0.5) is 22.0 Å². The van der Waals surface area contributed by atoms with E-state index in [1.54, 1.807) is 18.5 Å². The molecule has 4 rings (SSSR count). The third-order valence-electron chi connectivity index (χ3n) is 6.21. The molecule has 32 heavy (non-hydrogen) atoms. The number of aromatic amines is 1. The lowest BCUT2D eigenvalue weighted by atomic mass is 9.77. The second kappa shape index (κ2) is 7.58. The minimum atomic E-state index is -4.73. The van der Waals surface area contributed by atoms with Crippen LogP contribution in [0.2, 0.25) is 0 Å². The number of hydrogen-bond acceptors (Lipinski definition) is 4. The lowest BCUT2D eigenvalue weighted by Gasteiger charge is -2.32. The van der Waals surface area contributed by atoms with Gasteiger partial charge in [0.05, 0.1) is 7.11 Å². The topological polar surface area (TPSA) is 60.2 Å². The maximum absolute atomic E-state index is 14.4. The smallest absolute Gasteiger partial charge is 0.417 e. The number of nitrogens with one attached hydrogen (secondary N) is 1. The molecule has 0 saturated carbocycles. The maximum atomic E-state index is 14.4. The first-order valence-corrected chi connectivity index (χ1v) is 9.73. The van der Waals surface area contributed by atoms with Gasteiger partial charge in [0.15, 0.2) is 17.2 Å². The number of halogens is 5. The van der Waals surface area contributed by atoms with Crippen molar-refractivity contribution in [3.05, 3.63) is 53.6 Å². The third-order valence-corrected chi connectivity index (χ3v) is 6.21. The van der Waals surface area contributed by atoms with E-state index >= 15 is 0 Å². The first kappa shape index (κ1) is 22.3. The van der Waals surface area contributed by atoms with Crippen molar-refractivity contribution >= 4 is 11.0 Å². The van der Waals surface area contributed by atoms with Gasteiger partial charge in [-0.25, -0.2) is 9.37 Å². The Morgan fingerprint density at radius 1 is 1.19 bits per heavy atom. The molecule has 0 aliphatic carbocycles. The molecule has 0 amide bonds. The lowest BCUT2D eigenvalue weighted by molar-refractivity contribution is -0.884. The highest BCUT2D eigenvalue weighted by atomic mass is 19.4. The highest BCUT2D eigenvalue weighted by Gasteiger charge is 2.65. The van der Waals surface area contributed by atoms with E-state index in [0.717, 1.165) is 20.1 Å². The largest absolute Gasteiger partial charge is 0.493 e. The van der Waals surface area contributed by atoms with E-state index < -0.39 is 47.1 Å². The molecule has 3 heterocycles. The minimum Gasteiger partial charge on any atom is -0.493 e. The Morgan fingerprint density at radius 3 is 2.53 bits per heavy atom. The van der Waals surface area contributed by atoms with Crippen LogP contribution in [0, 0.1) is 17.6 Å². The number of nitrogens with zero attached hydrogens (tertiary/aromatic N) is 2. The molecule has 0 unspecified atom stereocenters. The number of methoxy groups -OCH3 is 1. The number of aromatic nitrogens is 3. The van der Waals surface area contributed by atoms with Gasteiger partial charge in [-0.05, 0) is 13.0 Å². The van der Waals surface area contributed by atoms with Crippen LogP contribution in [0.25, 0.3) is 11.0 Å². The van der Waals surface area contributed by atoms with Crippen molar-refractivity contribution in [3.8, 4) is 5.75 Å². The number of benzene rings is 1. The molecule has 2 aromatic heterocycles. The monoisotopic (exact) mass is 458 g/mol. The summed E-state index contributed by atoms with van der Waals surface area (Å²) < 4.78 is 82.5. The summed E-state index contributed by atoms with van der Waals surface area (Å²) in [4.78, 5) is 12.5. The Bertz CT molecular complexity index is 1170. The minimum absolute atomic E-state index is 0.0595. The molecule has 1 aliphatic rings. The van der Waals surface area contributed by atoms with Gasteiger partial charge in [-0.15, -0.1) is 0 Å². The molecule has 6 nitrogen and oxygen atoms in total. The summed E-state index contributed by atoms with van der Waals surface area (Å²) in [5, 5.41) is 0. The van der Waals surface area contributed by atoms with Gasteiger partial charge >= 0.3 is 6.18 Å². The molecular formula is C21H21F5N3O3+. The number of H-pyrrole nitrogens is 1. The summed E-state index contributed by atoms with van der Waals surface area (Å²) in [5.41, 5.74) is -1.54. The van der Waals surface area contributed by atoms with E-state index in [1.807, 2.05) is 0 Å². The summed E-state index contributed by atoms with van der Waals surface area (Å²) in [6.45, 7) is 2.30. The fourth-order valence-corrected chi connectivity index (χ4v) is 4.26. The zero-order valence-electron chi connectivity index (χ0n) is 17.6. The van der Waals surface area contributed by atoms with Crippen molar-refractivity contribution < 1.29 is 41.0 Å². The molecule has 1 saturated heterocycles. The van der Waals surface area contributed by atoms with Crippen LogP contribution in [-0.4, -0.2) is 36.0 Å². The molecular weight excluding hydrogens is 437 g/mol. The van der Waals surface area contributed by atoms with Gasteiger partial charge < -0.3 is 14.5 Å². The predicted molar refractivity (Wildman–Crippen MR) is 102 cm³/mol. The second-order valence-corrected chi connectivity index (χ2v) is 7.85. The van der Waals surface area contributed by atoms with Gasteiger partial charge in [-0.3, -0.25) is 4.84 Å². The van der Waals surface area contributed by atoms with E-state index in [4.69, 9.17) is 14.3 Å². The molecule has 1 aliphatic heterocycles. The Hall–Kier alpha value is -2.95. The number of alkyl halides is 3. The molecule has 0 radical (unpaired) electrons. The number of fused-ring (bicyclic) bond motifs is 1. The highest BCUT2D eigenvalue weighted by Crippen LogP contribution is 2.59. The van der Waals surface area contributed by atoms with Crippen LogP contribution in [0.15, 0.2) is 30.6 Å². The molecule has 1 N–H and O–H groups in total. The fraction of sp³-hybridized carbons (Fsp3) is 0.429. The van der Waals surface area contributed by atoms with Crippen molar-refractivity contribution in [2.45, 2.75) is 37.6 Å². The van der Waals surface area contributed by atoms with E-state index in [0.29, 0.717) is 11.0 Å². The van der Waals surface area contributed by atoms with Gasteiger partial charge in [-0.1, -0.05) is 13.0 Å². The first-order valence-electron chi connectivity index (χ1n) is 9.73. The van der Waals surface area contributed by atoms with Crippen molar-refractivity contribution in [2.24, 2.45) is 5.92 Å². The molecule has 11 heteroatoms. The maximum Gasteiger partial charge on any atom is 0.417 e. The molecule has 0 bridgehead atoms. The Labute approximate surface area is 179 Å². The third kappa shape index (κ3) is 3.26. The Morgan fingerprint density at radius 2 is 1.91 bits per heavy atom. The molecule has 172 valence electrons. The molecule has 1 fully saturated rings. The van der Waals surface area contributed by atoms with Crippen LogP contribution >= 0.6 is 0 Å². The quantitative estimate of drug-likeness (QED) is 0.474. The fourth-order valence-electron chi connectivity index (χ4n) is 4.26. The number of pyridine rings is 1. The first-order chi connectivity index (χ1) is 15.0. The SMILES string of the molecule is COc1c([C@H]2[C@H](c3nc4cc[n+](OC)cc4[nH]3)O[C@@](C)(C(F)(F)F)[C@H]2C)ccc(F)c1F. The Balaban J connectivity index is 1.90. The number of hydrogen-bond donors (Lipinski definition) is 1. The summed E-state index contributed by atoms with van der Waals surface area (Å²) >= 11 is 0. The van der Waals surface area contributed by atoms with E-state index in [2.05, 4.69) is 9.97 Å². The van der Waals surface area contributed by atoms with Gasteiger partial charge in [0.2, 0.25) is 18.2 Å². The zero-order valence-corrected chi connectivity index (χ0v) is 17.6. The lowest BCUT2D eigenvalue weighted by Crippen LogP contribution is -2.46. The van der Waals surface area contributed by atoms with Gasteiger partial charge in [0.1, 0.15) is 30.1 Å². The second-order valence-electron chi connectivity index (χ2n) is 7.85. The number of imidazole rings is 1.